The van der Waals surface area contributed by atoms with Crippen molar-refractivity contribution in [3.8, 4) is 0 Å². The van der Waals surface area contributed by atoms with Crippen LogP contribution in [0.15, 0.2) is 0 Å². The zero-order valence-corrected chi connectivity index (χ0v) is 13.2. The molecule has 1 unspecified atom stereocenters. The molecule has 0 aliphatic rings. The van der Waals surface area contributed by atoms with Crippen molar-refractivity contribution in [2.45, 2.75) is 104 Å². The first-order chi connectivity index (χ1) is 8.85. The molecule has 1 atom stereocenters. The molecule has 0 fully saturated rings. The van der Waals surface area contributed by atoms with Gasteiger partial charge in [0.05, 0.1) is 0 Å². The lowest BCUT2D eigenvalue weighted by Crippen LogP contribution is -2.00. The molecule has 0 aromatic carbocycles. The van der Waals surface area contributed by atoms with Crippen molar-refractivity contribution in [2.24, 2.45) is 5.92 Å². The summed E-state index contributed by atoms with van der Waals surface area (Å²) in [5.41, 5.74) is 0. The van der Waals surface area contributed by atoms with Crippen LogP contribution >= 0.6 is 0 Å². The minimum absolute atomic E-state index is 1.01. The Hall–Kier alpha value is 0. The van der Waals surface area contributed by atoms with Gasteiger partial charge < -0.3 is 0 Å². The normalized spacial score (nSPS) is 12.8. The fraction of sp³-hybridized carbons (Fsp3) is 0.944. The second-order valence-corrected chi connectivity index (χ2v) is 5.91. The predicted octanol–water partition coefficient (Wildman–Crippen LogP) is 6.94. The maximum atomic E-state index is 3.94. The summed E-state index contributed by atoms with van der Waals surface area (Å²) in [5, 5.41) is 0. The standard InChI is InChI=1S/C18H37/c1-4-7-9-10-11-12-14-17-18(15-6-3)16-13-8-5-2/h18H,2,4-17H2,1,3H3. The van der Waals surface area contributed by atoms with E-state index in [0.717, 1.165) is 12.3 Å². The smallest absolute Gasteiger partial charge is 0.0414 e. The first-order valence-electron chi connectivity index (χ1n) is 8.64. The maximum Gasteiger partial charge on any atom is -0.0414 e. The first kappa shape index (κ1) is 18.0. The van der Waals surface area contributed by atoms with Crippen molar-refractivity contribution in [3.63, 3.8) is 0 Å². The topological polar surface area (TPSA) is 0 Å². The van der Waals surface area contributed by atoms with Crippen molar-refractivity contribution >= 4 is 0 Å². The Morgan fingerprint density at radius 1 is 0.611 bits per heavy atom. The number of hydrogen-bond acceptors (Lipinski definition) is 0. The van der Waals surface area contributed by atoms with E-state index in [9.17, 15) is 0 Å². The van der Waals surface area contributed by atoms with Crippen LogP contribution in [0.5, 0.6) is 0 Å². The Balaban J connectivity index is 3.39. The van der Waals surface area contributed by atoms with Crippen molar-refractivity contribution in [1.29, 1.82) is 0 Å². The molecule has 0 aromatic rings. The third-order valence-electron chi connectivity index (χ3n) is 4.03. The zero-order chi connectivity index (χ0) is 13.5. The summed E-state index contributed by atoms with van der Waals surface area (Å²) in [6.45, 7) is 8.56. The highest BCUT2D eigenvalue weighted by atomic mass is 14.1. The van der Waals surface area contributed by atoms with E-state index in [0.29, 0.717) is 0 Å². The summed E-state index contributed by atoms with van der Waals surface area (Å²) in [6.07, 6.45) is 19.8. The summed E-state index contributed by atoms with van der Waals surface area (Å²) in [7, 11) is 0. The largest absolute Gasteiger partial charge is 0.0654 e. The second-order valence-electron chi connectivity index (χ2n) is 5.91. The van der Waals surface area contributed by atoms with E-state index in [1.807, 2.05) is 0 Å². The lowest BCUT2D eigenvalue weighted by Gasteiger charge is -2.15. The maximum absolute atomic E-state index is 3.94. The average Bonchev–Trinajstić information content (AvgIpc) is 2.38. The van der Waals surface area contributed by atoms with Crippen LogP contribution in [0, 0.1) is 12.8 Å². The van der Waals surface area contributed by atoms with E-state index in [4.69, 9.17) is 0 Å². The molecule has 0 N–H and O–H groups in total. The quantitative estimate of drug-likeness (QED) is 0.294. The van der Waals surface area contributed by atoms with Crippen LogP contribution in [-0.2, 0) is 0 Å². The van der Waals surface area contributed by atoms with E-state index in [-0.39, 0.29) is 0 Å². The highest BCUT2D eigenvalue weighted by Crippen LogP contribution is 2.22. The van der Waals surface area contributed by atoms with Gasteiger partial charge in [-0.25, -0.2) is 0 Å². The van der Waals surface area contributed by atoms with Crippen LogP contribution < -0.4 is 0 Å². The van der Waals surface area contributed by atoms with Gasteiger partial charge in [0, 0.05) is 0 Å². The Morgan fingerprint density at radius 3 is 1.72 bits per heavy atom. The first-order valence-corrected chi connectivity index (χ1v) is 8.64. The average molecular weight is 253 g/mol. The lowest BCUT2D eigenvalue weighted by molar-refractivity contribution is 0.381. The molecule has 0 heteroatoms. The Morgan fingerprint density at radius 2 is 1.17 bits per heavy atom. The molecule has 0 bridgehead atoms. The van der Waals surface area contributed by atoms with Crippen molar-refractivity contribution in [1.82, 2.24) is 0 Å². The Bertz CT molecular complexity index is 139. The number of rotatable bonds is 14. The predicted molar refractivity (Wildman–Crippen MR) is 84.8 cm³/mol. The van der Waals surface area contributed by atoms with Crippen LogP contribution in [0.4, 0.5) is 0 Å². The third-order valence-corrected chi connectivity index (χ3v) is 4.03. The van der Waals surface area contributed by atoms with Gasteiger partial charge in [0.2, 0.25) is 0 Å². The van der Waals surface area contributed by atoms with Gasteiger partial charge in [0.25, 0.3) is 0 Å². The Labute approximate surface area is 117 Å². The van der Waals surface area contributed by atoms with Crippen LogP contribution in [0.25, 0.3) is 0 Å². The van der Waals surface area contributed by atoms with Gasteiger partial charge in [-0.2, -0.15) is 0 Å². The van der Waals surface area contributed by atoms with Gasteiger partial charge in [-0.1, -0.05) is 111 Å². The van der Waals surface area contributed by atoms with Crippen molar-refractivity contribution < 1.29 is 0 Å². The fourth-order valence-corrected chi connectivity index (χ4v) is 2.84. The fourth-order valence-electron chi connectivity index (χ4n) is 2.84. The van der Waals surface area contributed by atoms with Gasteiger partial charge in [0.1, 0.15) is 0 Å². The molecule has 0 aliphatic heterocycles. The van der Waals surface area contributed by atoms with Crippen LogP contribution in [0.3, 0.4) is 0 Å². The molecule has 0 rings (SSSR count). The molecule has 0 spiro atoms. The van der Waals surface area contributed by atoms with Crippen LogP contribution in [0.1, 0.15) is 104 Å². The van der Waals surface area contributed by atoms with E-state index in [2.05, 4.69) is 20.8 Å². The summed E-state index contributed by atoms with van der Waals surface area (Å²) in [4.78, 5) is 0. The van der Waals surface area contributed by atoms with Gasteiger partial charge in [-0.3, -0.25) is 0 Å². The van der Waals surface area contributed by atoms with Gasteiger partial charge >= 0.3 is 0 Å². The molecular weight excluding hydrogens is 216 g/mol. The van der Waals surface area contributed by atoms with E-state index < -0.39 is 0 Å². The second kappa shape index (κ2) is 15.1. The summed E-state index contributed by atoms with van der Waals surface area (Å²) < 4.78 is 0. The van der Waals surface area contributed by atoms with Gasteiger partial charge in [0.15, 0.2) is 0 Å². The molecule has 0 heterocycles. The van der Waals surface area contributed by atoms with Crippen LogP contribution in [-0.4, -0.2) is 0 Å². The van der Waals surface area contributed by atoms with Gasteiger partial charge in [-0.15, -0.1) is 0 Å². The monoisotopic (exact) mass is 253 g/mol. The molecule has 0 amide bonds. The number of unbranched alkanes of at least 4 members (excludes halogenated alkanes) is 8. The number of hydrogen-bond donors (Lipinski definition) is 0. The van der Waals surface area contributed by atoms with Crippen LogP contribution in [0.2, 0.25) is 0 Å². The molecule has 0 saturated carbocycles. The molecule has 18 heavy (non-hydrogen) atoms. The summed E-state index contributed by atoms with van der Waals surface area (Å²) in [5.74, 6) is 1.01. The molecule has 109 valence electrons. The van der Waals surface area contributed by atoms with Crippen molar-refractivity contribution in [3.05, 3.63) is 6.92 Å². The lowest BCUT2D eigenvalue weighted by atomic mass is 9.91. The van der Waals surface area contributed by atoms with E-state index in [1.54, 1.807) is 0 Å². The van der Waals surface area contributed by atoms with Gasteiger partial charge in [-0.05, 0) is 5.92 Å². The third kappa shape index (κ3) is 12.5. The Kier molecular flexibility index (Phi) is 15.1. The minimum Gasteiger partial charge on any atom is -0.0654 e. The molecule has 0 nitrogen and oxygen atoms in total. The molecule has 1 radical (unpaired) electrons. The zero-order valence-electron chi connectivity index (χ0n) is 13.2. The summed E-state index contributed by atoms with van der Waals surface area (Å²) in [6, 6.07) is 0. The highest BCUT2D eigenvalue weighted by molar-refractivity contribution is 4.60. The molecular formula is C18H37. The van der Waals surface area contributed by atoms with E-state index >= 15 is 0 Å². The molecule has 0 aromatic heterocycles. The van der Waals surface area contributed by atoms with Crippen molar-refractivity contribution in [2.75, 3.05) is 0 Å². The minimum atomic E-state index is 1.01. The molecule has 0 aliphatic carbocycles. The SMILES string of the molecule is [CH2]CCCCC(CCC)CCCCCCCCC. The summed E-state index contributed by atoms with van der Waals surface area (Å²) >= 11 is 0. The highest BCUT2D eigenvalue weighted by Gasteiger charge is 2.06. The molecule has 0 saturated heterocycles. The van der Waals surface area contributed by atoms with E-state index in [1.165, 1.54) is 83.5 Å².